The molecular weight excluding hydrogens is 306 g/mol. The van der Waals surface area contributed by atoms with Crippen molar-refractivity contribution in [3.05, 3.63) is 48.3 Å². The molecule has 1 N–H and O–H groups in total. The summed E-state index contributed by atoms with van der Waals surface area (Å²) >= 11 is 0. The fraction of sp³-hybridized carbons (Fsp3) is 0.278. The number of aromatic nitrogens is 1. The Hall–Kier alpha value is -2.89. The molecule has 2 heterocycles. The number of unbranched alkanes of at least 4 members (excludes halogenated alkanes) is 1. The van der Waals surface area contributed by atoms with Crippen molar-refractivity contribution in [1.29, 1.82) is 0 Å². The number of hydrogen-bond acceptors (Lipinski definition) is 4. The van der Waals surface area contributed by atoms with E-state index in [0.717, 1.165) is 12.8 Å². The lowest BCUT2D eigenvalue weighted by Crippen LogP contribution is -2.39. The first-order chi connectivity index (χ1) is 11.7. The molecule has 1 aliphatic rings. The molecule has 0 atom stereocenters. The maximum atomic E-state index is 12.2. The van der Waals surface area contributed by atoms with E-state index in [9.17, 15) is 9.59 Å². The van der Waals surface area contributed by atoms with E-state index in [0.29, 0.717) is 29.2 Å². The second-order valence-corrected chi connectivity index (χ2v) is 5.56. The lowest BCUT2D eigenvalue weighted by Gasteiger charge is -2.29. The minimum atomic E-state index is -0.222. The molecule has 2 amide bonds. The van der Waals surface area contributed by atoms with E-state index in [2.05, 4.69) is 17.2 Å². The summed E-state index contributed by atoms with van der Waals surface area (Å²) in [6.07, 6.45) is 5.05. The highest BCUT2D eigenvalue weighted by atomic mass is 16.5. The quantitative estimate of drug-likeness (QED) is 0.917. The van der Waals surface area contributed by atoms with Crippen molar-refractivity contribution in [2.75, 3.05) is 23.4 Å². The summed E-state index contributed by atoms with van der Waals surface area (Å²) in [7, 11) is 0. The standard InChI is InChI=1S/C18H19N3O3/c1-2-3-10-21-15-11-14(4-5-16(15)24-12-17(21)22)20-18(23)13-6-8-19-9-7-13/h4-9,11H,2-3,10,12H2,1H3,(H,20,23). The third-order valence-electron chi connectivity index (χ3n) is 3.84. The summed E-state index contributed by atoms with van der Waals surface area (Å²) in [5.41, 5.74) is 1.85. The van der Waals surface area contributed by atoms with Crippen LogP contribution < -0.4 is 15.0 Å². The van der Waals surface area contributed by atoms with Gasteiger partial charge in [0.15, 0.2) is 6.61 Å². The fourth-order valence-electron chi connectivity index (χ4n) is 2.55. The summed E-state index contributed by atoms with van der Waals surface area (Å²) in [6, 6.07) is 8.62. The molecule has 0 saturated carbocycles. The van der Waals surface area contributed by atoms with Gasteiger partial charge in [-0.1, -0.05) is 13.3 Å². The number of nitrogens with one attached hydrogen (secondary N) is 1. The highest BCUT2D eigenvalue weighted by Crippen LogP contribution is 2.34. The van der Waals surface area contributed by atoms with Gasteiger partial charge >= 0.3 is 0 Å². The molecule has 24 heavy (non-hydrogen) atoms. The molecule has 2 aromatic rings. The molecule has 0 radical (unpaired) electrons. The number of nitrogens with zero attached hydrogens (tertiary/aromatic N) is 2. The van der Waals surface area contributed by atoms with Crippen LogP contribution in [0, 0.1) is 0 Å². The van der Waals surface area contributed by atoms with E-state index >= 15 is 0 Å². The second-order valence-electron chi connectivity index (χ2n) is 5.56. The average molecular weight is 325 g/mol. The number of amides is 2. The minimum Gasteiger partial charge on any atom is -0.482 e. The van der Waals surface area contributed by atoms with Crippen LogP contribution in [-0.4, -0.2) is 29.9 Å². The Morgan fingerprint density at radius 2 is 2.08 bits per heavy atom. The molecular formula is C18H19N3O3. The number of fused-ring (bicyclic) bond motifs is 1. The molecule has 1 aromatic heterocycles. The number of carbonyl (C=O) groups is 2. The number of carbonyl (C=O) groups excluding carboxylic acids is 2. The van der Waals surface area contributed by atoms with E-state index in [4.69, 9.17) is 4.74 Å². The topological polar surface area (TPSA) is 71.5 Å². The normalized spacial score (nSPS) is 13.2. The molecule has 0 unspecified atom stereocenters. The minimum absolute atomic E-state index is 0.0550. The van der Waals surface area contributed by atoms with Gasteiger partial charge in [-0.05, 0) is 36.8 Å². The fourth-order valence-corrected chi connectivity index (χ4v) is 2.55. The average Bonchev–Trinajstić information content (AvgIpc) is 2.61. The number of hydrogen-bond donors (Lipinski definition) is 1. The number of rotatable bonds is 5. The number of pyridine rings is 1. The Balaban J connectivity index is 1.83. The summed E-state index contributed by atoms with van der Waals surface area (Å²) in [4.78, 5) is 30.0. The first kappa shape index (κ1) is 16.0. The van der Waals surface area contributed by atoms with Crippen molar-refractivity contribution in [1.82, 2.24) is 4.98 Å². The third kappa shape index (κ3) is 3.37. The van der Waals surface area contributed by atoms with Crippen LogP contribution in [0.25, 0.3) is 0 Å². The first-order valence-corrected chi connectivity index (χ1v) is 7.97. The van der Waals surface area contributed by atoms with E-state index < -0.39 is 0 Å². The van der Waals surface area contributed by atoms with E-state index in [-0.39, 0.29) is 18.4 Å². The summed E-state index contributed by atoms with van der Waals surface area (Å²) < 4.78 is 5.48. The Morgan fingerprint density at radius 3 is 2.83 bits per heavy atom. The Labute approximate surface area is 140 Å². The Bertz CT molecular complexity index is 746. The van der Waals surface area contributed by atoms with Crippen LogP contribution in [0.3, 0.4) is 0 Å². The predicted molar refractivity (Wildman–Crippen MR) is 91.4 cm³/mol. The van der Waals surface area contributed by atoms with Crippen LogP contribution in [0.2, 0.25) is 0 Å². The van der Waals surface area contributed by atoms with Crippen molar-refractivity contribution in [3.8, 4) is 5.75 Å². The van der Waals surface area contributed by atoms with Gasteiger partial charge in [0.2, 0.25) is 0 Å². The molecule has 0 fully saturated rings. The zero-order valence-corrected chi connectivity index (χ0v) is 13.5. The van der Waals surface area contributed by atoms with Crippen molar-refractivity contribution < 1.29 is 14.3 Å². The molecule has 0 spiro atoms. The summed E-state index contributed by atoms with van der Waals surface area (Å²) in [6.45, 7) is 2.78. The largest absolute Gasteiger partial charge is 0.482 e. The highest BCUT2D eigenvalue weighted by Gasteiger charge is 2.25. The number of benzene rings is 1. The van der Waals surface area contributed by atoms with Gasteiger partial charge in [0.05, 0.1) is 5.69 Å². The molecule has 0 aliphatic carbocycles. The van der Waals surface area contributed by atoms with Crippen molar-refractivity contribution in [2.45, 2.75) is 19.8 Å². The zero-order valence-electron chi connectivity index (χ0n) is 13.5. The SMILES string of the molecule is CCCCN1C(=O)COc2ccc(NC(=O)c3ccncc3)cc21. The van der Waals surface area contributed by atoms with Crippen LogP contribution in [0.1, 0.15) is 30.1 Å². The molecule has 124 valence electrons. The second kappa shape index (κ2) is 7.12. The highest BCUT2D eigenvalue weighted by molar-refractivity contribution is 6.05. The lowest BCUT2D eigenvalue weighted by atomic mass is 10.1. The monoisotopic (exact) mass is 325 g/mol. The van der Waals surface area contributed by atoms with Crippen molar-refractivity contribution >= 4 is 23.2 Å². The van der Waals surface area contributed by atoms with Gasteiger partial charge in [-0.15, -0.1) is 0 Å². The van der Waals surface area contributed by atoms with E-state index in [1.807, 2.05) is 0 Å². The van der Waals surface area contributed by atoms with Crippen LogP contribution in [0.15, 0.2) is 42.7 Å². The van der Waals surface area contributed by atoms with Crippen LogP contribution >= 0.6 is 0 Å². The van der Waals surface area contributed by atoms with Gasteiger partial charge in [0.25, 0.3) is 11.8 Å². The van der Waals surface area contributed by atoms with Gasteiger partial charge < -0.3 is 15.0 Å². The van der Waals surface area contributed by atoms with Crippen LogP contribution in [0.4, 0.5) is 11.4 Å². The van der Waals surface area contributed by atoms with Gasteiger partial charge in [-0.3, -0.25) is 14.6 Å². The van der Waals surface area contributed by atoms with Gasteiger partial charge in [0.1, 0.15) is 5.75 Å². The third-order valence-corrected chi connectivity index (χ3v) is 3.84. The maximum Gasteiger partial charge on any atom is 0.265 e. The molecule has 0 saturated heterocycles. The Kier molecular flexibility index (Phi) is 4.74. The maximum absolute atomic E-state index is 12.2. The molecule has 0 bridgehead atoms. The number of ether oxygens (including phenoxy) is 1. The van der Waals surface area contributed by atoms with Crippen molar-refractivity contribution in [2.24, 2.45) is 0 Å². The van der Waals surface area contributed by atoms with Crippen molar-refractivity contribution in [3.63, 3.8) is 0 Å². The lowest BCUT2D eigenvalue weighted by molar-refractivity contribution is -0.121. The molecule has 6 heteroatoms. The molecule has 1 aromatic carbocycles. The molecule has 6 nitrogen and oxygen atoms in total. The molecule has 3 rings (SSSR count). The van der Waals surface area contributed by atoms with Gasteiger partial charge in [-0.2, -0.15) is 0 Å². The van der Waals surface area contributed by atoms with E-state index in [1.54, 1.807) is 47.6 Å². The summed E-state index contributed by atoms with van der Waals surface area (Å²) in [5, 5.41) is 2.84. The Morgan fingerprint density at radius 1 is 1.29 bits per heavy atom. The summed E-state index contributed by atoms with van der Waals surface area (Å²) in [5.74, 6) is 0.377. The van der Waals surface area contributed by atoms with Gasteiger partial charge in [0, 0.05) is 30.2 Å². The van der Waals surface area contributed by atoms with Crippen LogP contribution in [0.5, 0.6) is 5.75 Å². The predicted octanol–water partition coefficient (Wildman–Crippen LogP) is 2.86. The number of anilines is 2. The van der Waals surface area contributed by atoms with Crippen LogP contribution in [-0.2, 0) is 4.79 Å². The molecule has 1 aliphatic heterocycles. The zero-order chi connectivity index (χ0) is 16.9. The first-order valence-electron chi connectivity index (χ1n) is 7.97. The van der Waals surface area contributed by atoms with Gasteiger partial charge in [-0.25, -0.2) is 0 Å². The smallest absolute Gasteiger partial charge is 0.265 e. The van der Waals surface area contributed by atoms with E-state index in [1.165, 1.54) is 0 Å².